The van der Waals surface area contributed by atoms with Crippen molar-refractivity contribution in [2.75, 3.05) is 13.1 Å². The summed E-state index contributed by atoms with van der Waals surface area (Å²) < 4.78 is 37.2. The largest absolute Gasteiger partial charge is 0.406 e. The molecule has 3 N–H and O–H groups in total. The van der Waals surface area contributed by atoms with Crippen LogP contribution in [0.1, 0.15) is 26.7 Å². The number of hydrogen-bond acceptors (Lipinski definition) is 3. The molecule has 0 aliphatic heterocycles. The third-order valence-corrected chi connectivity index (χ3v) is 3.09. The summed E-state index contributed by atoms with van der Waals surface area (Å²) in [5.74, 6) is -1.37. The van der Waals surface area contributed by atoms with Crippen LogP contribution in [-0.4, -0.2) is 48.1 Å². The summed E-state index contributed by atoms with van der Waals surface area (Å²) in [7, 11) is 0. The lowest BCUT2D eigenvalue weighted by Gasteiger charge is -2.24. The molecule has 2 amide bonds. The Morgan fingerprint density at radius 3 is 2.30 bits per heavy atom. The van der Waals surface area contributed by atoms with Gasteiger partial charge in [0, 0.05) is 6.04 Å². The Hall–Kier alpha value is -1.31. The SMILES string of the molecule is CC(C)[C@H](N)C(=O)NCC(=O)N(CC(F)(F)F)C1CC1. The number of carbonyl (C=O) groups excluding carboxylic acids is 2. The van der Waals surface area contributed by atoms with Crippen LogP contribution in [0.25, 0.3) is 0 Å². The summed E-state index contributed by atoms with van der Waals surface area (Å²) in [4.78, 5) is 24.1. The molecule has 1 fully saturated rings. The minimum absolute atomic E-state index is 0.111. The lowest BCUT2D eigenvalue weighted by atomic mass is 10.1. The van der Waals surface area contributed by atoms with Gasteiger partial charge in [0.05, 0.1) is 12.6 Å². The number of nitrogens with zero attached hydrogens (tertiary/aromatic N) is 1. The molecule has 8 heteroatoms. The maximum absolute atomic E-state index is 12.4. The monoisotopic (exact) mass is 295 g/mol. The summed E-state index contributed by atoms with van der Waals surface area (Å²) >= 11 is 0. The van der Waals surface area contributed by atoms with Crippen molar-refractivity contribution in [3.63, 3.8) is 0 Å². The second-order valence-corrected chi connectivity index (χ2v) is 5.36. The molecule has 0 saturated heterocycles. The van der Waals surface area contributed by atoms with Gasteiger partial charge >= 0.3 is 6.18 Å². The second-order valence-electron chi connectivity index (χ2n) is 5.36. The summed E-state index contributed by atoms with van der Waals surface area (Å²) in [5.41, 5.74) is 5.58. The molecule has 0 aromatic rings. The molecule has 1 aliphatic carbocycles. The smallest absolute Gasteiger partial charge is 0.346 e. The molecule has 1 atom stereocenters. The summed E-state index contributed by atoms with van der Waals surface area (Å²) in [5, 5.41) is 2.29. The van der Waals surface area contributed by atoms with E-state index in [1.165, 1.54) is 0 Å². The Morgan fingerprint density at radius 1 is 1.35 bits per heavy atom. The number of rotatable bonds is 6. The zero-order valence-electron chi connectivity index (χ0n) is 11.5. The maximum atomic E-state index is 12.4. The molecule has 1 rings (SSSR count). The van der Waals surface area contributed by atoms with Crippen LogP contribution >= 0.6 is 0 Å². The third-order valence-electron chi connectivity index (χ3n) is 3.09. The topological polar surface area (TPSA) is 75.4 Å². The van der Waals surface area contributed by atoms with Crippen LogP contribution < -0.4 is 11.1 Å². The van der Waals surface area contributed by atoms with Gasteiger partial charge in [0.15, 0.2) is 0 Å². The van der Waals surface area contributed by atoms with E-state index in [0.29, 0.717) is 12.8 Å². The van der Waals surface area contributed by atoms with Crippen molar-refractivity contribution >= 4 is 11.8 Å². The highest BCUT2D eigenvalue weighted by Gasteiger charge is 2.40. The fourth-order valence-electron chi connectivity index (χ4n) is 1.69. The third kappa shape index (κ3) is 5.36. The first-order valence-electron chi connectivity index (χ1n) is 6.51. The first kappa shape index (κ1) is 16.7. The van der Waals surface area contributed by atoms with E-state index in [9.17, 15) is 22.8 Å². The molecular formula is C12H20F3N3O2. The van der Waals surface area contributed by atoms with Gasteiger partial charge < -0.3 is 16.0 Å². The van der Waals surface area contributed by atoms with Gasteiger partial charge in [0.25, 0.3) is 0 Å². The number of hydrogen-bond donors (Lipinski definition) is 2. The van der Waals surface area contributed by atoms with Gasteiger partial charge in [-0.2, -0.15) is 13.2 Å². The van der Waals surface area contributed by atoms with Crippen LogP contribution in [0, 0.1) is 5.92 Å². The average molecular weight is 295 g/mol. The highest BCUT2D eigenvalue weighted by atomic mass is 19.4. The fourth-order valence-corrected chi connectivity index (χ4v) is 1.69. The molecule has 0 heterocycles. The van der Waals surface area contributed by atoms with Crippen LogP contribution in [0.3, 0.4) is 0 Å². The van der Waals surface area contributed by atoms with Gasteiger partial charge in [-0.05, 0) is 18.8 Å². The van der Waals surface area contributed by atoms with Crippen molar-refractivity contribution in [2.45, 2.75) is 44.9 Å². The summed E-state index contributed by atoms with van der Waals surface area (Å²) in [6.07, 6.45) is -3.29. The first-order valence-corrected chi connectivity index (χ1v) is 6.51. The Kier molecular flexibility index (Phi) is 5.38. The normalized spacial score (nSPS) is 16.9. The van der Waals surface area contributed by atoms with Crippen LogP contribution in [0.2, 0.25) is 0 Å². The molecule has 0 aromatic heterocycles. The number of halogens is 3. The number of alkyl halides is 3. The fraction of sp³-hybridized carbons (Fsp3) is 0.833. The molecule has 0 bridgehead atoms. The first-order chi connectivity index (χ1) is 9.11. The summed E-state index contributed by atoms with van der Waals surface area (Å²) in [6, 6.07) is -1.14. The van der Waals surface area contributed by atoms with Crippen molar-refractivity contribution in [3.8, 4) is 0 Å². The molecule has 116 valence electrons. The van der Waals surface area contributed by atoms with Gasteiger partial charge in [0.2, 0.25) is 11.8 Å². The van der Waals surface area contributed by atoms with Crippen molar-refractivity contribution in [3.05, 3.63) is 0 Å². The molecule has 1 aliphatic rings. The summed E-state index contributed by atoms with van der Waals surface area (Å²) in [6.45, 7) is 1.76. The van der Waals surface area contributed by atoms with Gasteiger partial charge in [0.1, 0.15) is 6.54 Å². The molecule has 20 heavy (non-hydrogen) atoms. The molecule has 0 aromatic carbocycles. The van der Waals surface area contributed by atoms with E-state index in [1.807, 2.05) is 0 Å². The van der Waals surface area contributed by atoms with E-state index in [2.05, 4.69) is 5.32 Å². The Labute approximate surface area is 115 Å². The van der Waals surface area contributed by atoms with Gasteiger partial charge in [-0.25, -0.2) is 0 Å². The van der Waals surface area contributed by atoms with Crippen molar-refractivity contribution < 1.29 is 22.8 Å². The standard InChI is InChI=1S/C12H20F3N3O2/c1-7(2)10(16)11(20)17-5-9(19)18(8-3-4-8)6-12(13,14)15/h7-8,10H,3-6,16H2,1-2H3,(H,17,20)/t10-/m0/s1. The van der Waals surface area contributed by atoms with Gasteiger partial charge in [-0.3, -0.25) is 9.59 Å². The minimum atomic E-state index is -4.43. The highest BCUT2D eigenvalue weighted by molar-refractivity contribution is 5.87. The van der Waals surface area contributed by atoms with Crippen LogP contribution in [0.5, 0.6) is 0 Å². The van der Waals surface area contributed by atoms with Crippen LogP contribution in [0.15, 0.2) is 0 Å². The minimum Gasteiger partial charge on any atom is -0.346 e. The van der Waals surface area contributed by atoms with E-state index in [1.54, 1.807) is 13.8 Å². The van der Waals surface area contributed by atoms with E-state index in [4.69, 9.17) is 5.73 Å². The van der Waals surface area contributed by atoms with Gasteiger partial charge in [-0.1, -0.05) is 13.8 Å². The van der Waals surface area contributed by atoms with E-state index in [-0.39, 0.29) is 12.0 Å². The van der Waals surface area contributed by atoms with E-state index in [0.717, 1.165) is 4.90 Å². The lowest BCUT2D eigenvalue weighted by molar-refractivity contribution is -0.162. The molecule has 0 radical (unpaired) electrons. The Morgan fingerprint density at radius 2 is 1.90 bits per heavy atom. The quantitative estimate of drug-likeness (QED) is 0.755. The zero-order chi connectivity index (χ0) is 15.5. The van der Waals surface area contributed by atoms with Crippen molar-refractivity contribution in [1.82, 2.24) is 10.2 Å². The van der Waals surface area contributed by atoms with E-state index < -0.39 is 37.1 Å². The molecule has 5 nitrogen and oxygen atoms in total. The van der Waals surface area contributed by atoms with Crippen molar-refractivity contribution in [1.29, 1.82) is 0 Å². The zero-order valence-corrected chi connectivity index (χ0v) is 11.5. The number of amides is 2. The predicted molar refractivity (Wildman–Crippen MR) is 66.6 cm³/mol. The maximum Gasteiger partial charge on any atom is 0.406 e. The van der Waals surface area contributed by atoms with Crippen LogP contribution in [-0.2, 0) is 9.59 Å². The lowest BCUT2D eigenvalue weighted by Crippen LogP contribution is -2.49. The Bertz CT molecular complexity index is 367. The molecular weight excluding hydrogens is 275 g/mol. The van der Waals surface area contributed by atoms with E-state index >= 15 is 0 Å². The van der Waals surface area contributed by atoms with Gasteiger partial charge in [-0.15, -0.1) is 0 Å². The highest BCUT2D eigenvalue weighted by Crippen LogP contribution is 2.30. The molecule has 0 unspecified atom stereocenters. The average Bonchev–Trinajstić information content (AvgIpc) is 3.14. The molecule has 1 saturated carbocycles. The number of carbonyl (C=O) groups is 2. The predicted octanol–water partition coefficient (Wildman–Crippen LogP) is 0.639. The van der Waals surface area contributed by atoms with Crippen molar-refractivity contribution in [2.24, 2.45) is 11.7 Å². The number of nitrogens with two attached hydrogens (primary N) is 1. The number of nitrogens with one attached hydrogen (secondary N) is 1. The van der Waals surface area contributed by atoms with Crippen LogP contribution in [0.4, 0.5) is 13.2 Å². The Balaban J connectivity index is 2.49. The molecule has 0 spiro atoms. The second kappa shape index (κ2) is 6.43.